The largest absolute Gasteiger partial charge is 0.480 e. The summed E-state index contributed by atoms with van der Waals surface area (Å²) in [5.74, 6) is -0.523. The number of hydrogen-bond acceptors (Lipinski definition) is 6. The highest BCUT2D eigenvalue weighted by Gasteiger charge is 2.15. The van der Waals surface area contributed by atoms with Crippen LogP contribution in [0.4, 0.5) is 0 Å². The molecule has 0 saturated heterocycles. The summed E-state index contributed by atoms with van der Waals surface area (Å²) in [6.07, 6.45) is 0. The van der Waals surface area contributed by atoms with Gasteiger partial charge >= 0.3 is 5.97 Å². The molecule has 0 aliphatic rings. The normalized spacial score (nSPS) is 11.7. The van der Waals surface area contributed by atoms with Crippen LogP contribution in [0, 0.1) is 12.8 Å². The number of aliphatic carboxylic acids is 1. The molecule has 2 rings (SSSR count). The van der Waals surface area contributed by atoms with Gasteiger partial charge in [-0.25, -0.2) is 4.98 Å². The Morgan fingerprint density at radius 2 is 2.24 bits per heavy atom. The maximum atomic E-state index is 11.8. The van der Waals surface area contributed by atoms with Crippen molar-refractivity contribution in [2.24, 2.45) is 5.92 Å². The second kappa shape index (κ2) is 6.31. The predicted octanol–water partition coefficient (Wildman–Crippen LogP) is 1.00. The van der Waals surface area contributed by atoms with Gasteiger partial charge in [0.05, 0.1) is 13.1 Å². The topological polar surface area (TPSA) is 87.8 Å². The van der Waals surface area contributed by atoms with Crippen LogP contribution in [-0.2, 0) is 11.3 Å². The smallest absolute Gasteiger partial charge is 0.317 e. The van der Waals surface area contributed by atoms with Gasteiger partial charge < -0.3 is 5.11 Å². The van der Waals surface area contributed by atoms with Crippen LogP contribution in [0.15, 0.2) is 10.9 Å². The molecule has 0 atom stereocenters. The van der Waals surface area contributed by atoms with Crippen molar-refractivity contribution < 1.29 is 9.90 Å². The zero-order valence-electron chi connectivity index (χ0n) is 12.2. The van der Waals surface area contributed by atoms with Gasteiger partial charge in [-0.15, -0.1) is 0 Å². The maximum absolute atomic E-state index is 11.8. The van der Waals surface area contributed by atoms with Crippen molar-refractivity contribution in [1.82, 2.24) is 19.5 Å². The van der Waals surface area contributed by atoms with Gasteiger partial charge in [0, 0.05) is 18.3 Å². The lowest BCUT2D eigenvalue weighted by molar-refractivity contribution is -0.138. The molecular weight excluding hydrogens is 292 g/mol. The van der Waals surface area contributed by atoms with Gasteiger partial charge in [0.1, 0.15) is 5.01 Å². The third-order valence-electron chi connectivity index (χ3n) is 2.76. The van der Waals surface area contributed by atoms with E-state index >= 15 is 0 Å². The Morgan fingerprint density at radius 1 is 1.52 bits per heavy atom. The Hall–Kier alpha value is -1.80. The minimum atomic E-state index is -0.872. The fourth-order valence-electron chi connectivity index (χ4n) is 2.11. The van der Waals surface area contributed by atoms with Crippen LogP contribution in [0.5, 0.6) is 0 Å². The summed E-state index contributed by atoms with van der Waals surface area (Å²) in [6.45, 7) is 6.83. The number of aromatic nitrogens is 3. The SMILES string of the molecule is Cc1cc(=O)n2nc(CN(CC(=O)O)CC(C)C)sc2n1. The first-order valence-corrected chi connectivity index (χ1v) is 7.47. The van der Waals surface area contributed by atoms with Crippen LogP contribution < -0.4 is 5.56 Å². The molecule has 0 fully saturated rings. The Labute approximate surface area is 125 Å². The highest BCUT2D eigenvalue weighted by atomic mass is 32.1. The summed E-state index contributed by atoms with van der Waals surface area (Å²) >= 11 is 1.31. The highest BCUT2D eigenvalue weighted by Crippen LogP contribution is 2.14. The zero-order valence-corrected chi connectivity index (χ0v) is 13.1. The first kappa shape index (κ1) is 15.6. The minimum absolute atomic E-state index is 0.0462. The van der Waals surface area contributed by atoms with Crippen molar-refractivity contribution in [3.05, 3.63) is 27.1 Å². The molecule has 0 aliphatic heterocycles. The molecule has 0 aliphatic carbocycles. The number of rotatable bonds is 6. The minimum Gasteiger partial charge on any atom is -0.480 e. The first-order chi connectivity index (χ1) is 9.85. The van der Waals surface area contributed by atoms with E-state index in [0.29, 0.717) is 34.7 Å². The molecular formula is C13H18N4O3S. The summed E-state index contributed by atoms with van der Waals surface area (Å²) < 4.78 is 1.27. The van der Waals surface area contributed by atoms with E-state index in [1.807, 2.05) is 18.7 Å². The quantitative estimate of drug-likeness (QED) is 0.856. The average molecular weight is 310 g/mol. The molecule has 0 aromatic carbocycles. The van der Waals surface area contributed by atoms with Gasteiger partial charge in [-0.2, -0.15) is 9.61 Å². The molecule has 8 heteroatoms. The lowest BCUT2D eigenvalue weighted by Gasteiger charge is -2.20. The predicted molar refractivity (Wildman–Crippen MR) is 79.6 cm³/mol. The number of hydrogen-bond donors (Lipinski definition) is 1. The van der Waals surface area contributed by atoms with Gasteiger partial charge in [-0.3, -0.25) is 14.5 Å². The van der Waals surface area contributed by atoms with Gasteiger partial charge in [-0.1, -0.05) is 25.2 Å². The van der Waals surface area contributed by atoms with E-state index in [0.717, 1.165) is 0 Å². The molecule has 0 radical (unpaired) electrons. The molecule has 0 spiro atoms. The van der Waals surface area contributed by atoms with Crippen molar-refractivity contribution >= 4 is 22.3 Å². The Bertz CT molecular complexity index is 707. The van der Waals surface area contributed by atoms with E-state index in [9.17, 15) is 9.59 Å². The molecule has 0 bridgehead atoms. The zero-order chi connectivity index (χ0) is 15.6. The van der Waals surface area contributed by atoms with Gasteiger partial charge in [0.2, 0.25) is 4.96 Å². The lowest BCUT2D eigenvalue weighted by atomic mass is 10.2. The molecule has 0 saturated carbocycles. The van der Waals surface area contributed by atoms with E-state index in [-0.39, 0.29) is 12.1 Å². The van der Waals surface area contributed by atoms with Crippen LogP contribution in [0.2, 0.25) is 0 Å². The molecule has 2 aromatic rings. The number of fused-ring (bicyclic) bond motifs is 1. The molecule has 0 unspecified atom stereocenters. The van der Waals surface area contributed by atoms with E-state index in [2.05, 4.69) is 10.1 Å². The summed E-state index contributed by atoms with van der Waals surface area (Å²) in [7, 11) is 0. The first-order valence-electron chi connectivity index (χ1n) is 6.65. The van der Waals surface area contributed by atoms with E-state index < -0.39 is 5.97 Å². The third-order valence-corrected chi connectivity index (χ3v) is 3.65. The van der Waals surface area contributed by atoms with Crippen molar-refractivity contribution in [3.63, 3.8) is 0 Å². The summed E-state index contributed by atoms with van der Waals surface area (Å²) in [6, 6.07) is 1.43. The molecule has 7 nitrogen and oxygen atoms in total. The molecule has 0 amide bonds. The fraction of sp³-hybridized carbons (Fsp3) is 0.538. The fourth-order valence-corrected chi connectivity index (χ4v) is 3.10. The van der Waals surface area contributed by atoms with Crippen molar-refractivity contribution in [2.45, 2.75) is 27.3 Å². The number of carboxylic acids is 1. The summed E-state index contributed by atoms with van der Waals surface area (Å²) in [5, 5.41) is 13.9. The van der Waals surface area contributed by atoms with Crippen LogP contribution in [0.25, 0.3) is 4.96 Å². The summed E-state index contributed by atoms with van der Waals surface area (Å²) in [4.78, 5) is 29.4. The Morgan fingerprint density at radius 3 is 2.86 bits per heavy atom. The Balaban J connectivity index is 2.26. The summed E-state index contributed by atoms with van der Waals surface area (Å²) in [5.41, 5.74) is 0.438. The molecule has 1 N–H and O–H groups in total. The van der Waals surface area contributed by atoms with E-state index in [4.69, 9.17) is 5.11 Å². The Kier molecular flexibility index (Phi) is 4.69. The molecule has 114 valence electrons. The molecule has 2 heterocycles. The van der Waals surface area contributed by atoms with E-state index in [1.54, 1.807) is 6.92 Å². The van der Waals surface area contributed by atoms with Crippen LogP contribution in [0.1, 0.15) is 24.5 Å². The standard InChI is InChI=1S/C13H18N4O3S/c1-8(2)5-16(7-12(19)20)6-10-15-17-11(18)4-9(3)14-13(17)21-10/h4,8H,5-7H2,1-3H3,(H,19,20). The van der Waals surface area contributed by atoms with Gasteiger partial charge in [0.25, 0.3) is 5.56 Å². The lowest BCUT2D eigenvalue weighted by Crippen LogP contribution is -2.32. The van der Waals surface area contributed by atoms with Crippen molar-refractivity contribution in [2.75, 3.05) is 13.1 Å². The third kappa shape index (κ3) is 4.08. The van der Waals surface area contributed by atoms with Crippen molar-refractivity contribution in [1.29, 1.82) is 0 Å². The number of carboxylic acid groups (broad SMARTS) is 1. The van der Waals surface area contributed by atoms with Gasteiger partial charge in [-0.05, 0) is 12.8 Å². The van der Waals surface area contributed by atoms with Crippen molar-refractivity contribution in [3.8, 4) is 0 Å². The maximum Gasteiger partial charge on any atom is 0.317 e. The second-order valence-corrected chi connectivity index (χ2v) is 6.42. The average Bonchev–Trinajstić information content (AvgIpc) is 2.69. The molecule has 2 aromatic heterocycles. The van der Waals surface area contributed by atoms with Crippen LogP contribution in [0.3, 0.4) is 0 Å². The number of nitrogens with zero attached hydrogens (tertiary/aromatic N) is 4. The number of aryl methyl sites for hydroxylation is 1. The van der Waals surface area contributed by atoms with E-state index in [1.165, 1.54) is 21.9 Å². The highest BCUT2D eigenvalue weighted by molar-refractivity contribution is 7.16. The van der Waals surface area contributed by atoms with Crippen LogP contribution >= 0.6 is 11.3 Å². The monoisotopic (exact) mass is 310 g/mol. The van der Waals surface area contributed by atoms with Gasteiger partial charge in [0.15, 0.2) is 0 Å². The number of carbonyl (C=O) groups is 1. The van der Waals surface area contributed by atoms with Crippen LogP contribution in [-0.4, -0.2) is 43.7 Å². The molecule has 21 heavy (non-hydrogen) atoms. The second-order valence-electron chi connectivity index (χ2n) is 5.38.